The standard InChI is InChI=1S/C12H23N3O2.ClH/c13-8-4-7-11(16)14-9-12(17)15-10-5-2-1-3-6-10;/h10H,1-9,13H2,(H,14,16)(H,15,17);1H. The van der Waals surface area contributed by atoms with Crippen LogP contribution in [0.5, 0.6) is 0 Å². The van der Waals surface area contributed by atoms with Crippen molar-refractivity contribution in [2.75, 3.05) is 13.1 Å². The van der Waals surface area contributed by atoms with Crippen molar-refractivity contribution in [1.82, 2.24) is 10.6 Å². The maximum Gasteiger partial charge on any atom is 0.239 e. The van der Waals surface area contributed by atoms with E-state index in [-0.39, 0.29) is 30.8 Å². The Labute approximate surface area is 115 Å². The molecule has 0 aromatic heterocycles. The van der Waals surface area contributed by atoms with Gasteiger partial charge in [-0.25, -0.2) is 0 Å². The summed E-state index contributed by atoms with van der Waals surface area (Å²) in [5.41, 5.74) is 5.30. The molecule has 18 heavy (non-hydrogen) atoms. The average molecular weight is 278 g/mol. The fraction of sp³-hybridized carbons (Fsp3) is 0.833. The van der Waals surface area contributed by atoms with Gasteiger partial charge in [0.05, 0.1) is 6.54 Å². The lowest BCUT2D eigenvalue weighted by Crippen LogP contribution is -2.42. The highest BCUT2D eigenvalue weighted by Crippen LogP contribution is 2.16. The molecule has 0 heterocycles. The van der Waals surface area contributed by atoms with E-state index in [1.807, 2.05) is 0 Å². The summed E-state index contributed by atoms with van der Waals surface area (Å²) in [6, 6.07) is 0.303. The summed E-state index contributed by atoms with van der Waals surface area (Å²) in [5.74, 6) is -0.188. The Morgan fingerprint density at radius 3 is 2.39 bits per heavy atom. The second-order valence-electron chi connectivity index (χ2n) is 4.57. The van der Waals surface area contributed by atoms with E-state index in [9.17, 15) is 9.59 Å². The number of carbonyl (C=O) groups excluding carboxylic acids is 2. The summed E-state index contributed by atoms with van der Waals surface area (Å²) >= 11 is 0. The summed E-state index contributed by atoms with van der Waals surface area (Å²) in [6.45, 7) is 0.585. The van der Waals surface area contributed by atoms with Crippen LogP contribution in [0.1, 0.15) is 44.9 Å². The Hall–Kier alpha value is -0.810. The third-order valence-electron chi connectivity index (χ3n) is 3.02. The number of rotatable bonds is 6. The van der Waals surface area contributed by atoms with E-state index in [0.29, 0.717) is 25.4 Å². The zero-order valence-electron chi connectivity index (χ0n) is 10.7. The highest BCUT2D eigenvalue weighted by atomic mass is 35.5. The first kappa shape index (κ1) is 17.2. The maximum atomic E-state index is 11.5. The number of halogens is 1. The predicted octanol–water partition coefficient (Wildman–Crippen LogP) is 0.712. The fourth-order valence-electron chi connectivity index (χ4n) is 2.06. The average Bonchev–Trinajstić information content (AvgIpc) is 2.35. The first-order valence-electron chi connectivity index (χ1n) is 6.48. The molecular formula is C12H24ClN3O2. The van der Waals surface area contributed by atoms with Crippen molar-refractivity contribution in [1.29, 1.82) is 0 Å². The van der Waals surface area contributed by atoms with Gasteiger partial charge in [0.1, 0.15) is 0 Å². The molecule has 0 aliphatic heterocycles. The number of carbonyl (C=O) groups is 2. The number of nitrogens with one attached hydrogen (secondary N) is 2. The Morgan fingerprint density at radius 1 is 1.11 bits per heavy atom. The van der Waals surface area contributed by atoms with Gasteiger partial charge in [-0.3, -0.25) is 9.59 Å². The minimum atomic E-state index is -0.103. The highest BCUT2D eigenvalue weighted by Gasteiger charge is 2.15. The molecule has 1 saturated carbocycles. The number of hydrogen-bond donors (Lipinski definition) is 3. The van der Waals surface area contributed by atoms with E-state index < -0.39 is 0 Å². The van der Waals surface area contributed by atoms with Crippen LogP contribution in [-0.2, 0) is 9.59 Å². The number of nitrogens with two attached hydrogens (primary N) is 1. The van der Waals surface area contributed by atoms with Crippen LogP contribution >= 0.6 is 12.4 Å². The summed E-state index contributed by atoms with van der Waals surface area (Å²) in [5, 5.41) is 5.55. The van der Waals surface area contributed by atoms with Crippen LogP contribution in [0, 0.1) is 0 Å². The van der Waals surface area contributed by atoms with Crippen molar-refractivity contribution in [2.24, 2.45) is 5.73 Å². The Bertz CT molecular complexity index is 256. The minimum Gasteiger partial charge on any atom is -0.352 e. The quantitative estimate of drug-likeness (QED) is 0.669. The summed E-state index contributed by atoms with van der Waals surface area (Å²) in [6.07, 6.45) is 6.83. The second-order valence-corrected chi connectivity index (χ2v) is 4.57. The predicted molar refractivity (Wildman–Crippen MR) is 73.6 cm³/mol. The van der Waals surface area contributed by atoms with E-state index in [1.54, 1.807) is 0 Å². The van der Waals surface area contributed by atoms with Crippen LogP contribution in [-0.4, -0.2) is 30.9 Å². The van der Waals surface area contributed by atoms with Gasteiger partial charge in [0, 0.05) is 12.5 Å². The molecule has 1 rings (SSSR count). The lowest BCUT2D eigenvalue weighted by molar-refractivity contribution is -0.126. The molecule has 0 aromatic rings. The molecular weight excluding hydrogens is 254 g/mol. The van der Waals surface area contributed by atoms with Crippen molar-refractivity contribution in [3.8, 4) is 0 Å². The van der Waals surface area contributed by atoms with Crippen molar-refractivity contribution >= 4 is 24.2 Å². The van der Waals surface area contributed by atoms with Crippen LogP contribution in [0.3, 0.4) is 0 Å². The van der Waals surface area contributed by atoms with Gasteiger partial charge in [-0.2, -0.15) is 0 Å². The third kappa shape index (κ3) is 7.50. The third-order valence-corrected chi connectivity index (χ3v) is 3.02. The topological polar surface area (TPSA) is 84.2 Å². The van der Waals surface area contributed by atoms with Gasteiger partial charge < -0.3 is 16.4 Å². The Morgan fingerprint density at radius 2 is 1.78 bits per heavy atom. The van der Waals surface area contributed by atoms with Crippen LogP contribution in [0.2, 0.25) is 0 Å². The van der Waals surface area contributed by atoms with Crippen LogP contribution in [0.4, 0.5) is 0 Å². The van der Waals surface area contributed by atoms with E-state index >= 15 is 0 Å². The van der Waals surface area contributed by atoms with Gasteiger partial charge in [-0.1, -0.05) is 19.3 Å². The number of hydrogen-bond acceptors (Lipinski definition) is 3. The van der Waals surface area contributed by atoms with Crippen molar-refractivity contribution in [2.45, 2.75) is 51.0 Å². The van der Waals surface area contributed by atoms with Crippen LogP contribution in [0.15, 0.2) is 0 Å². The van der Waals surface area contributed by atoms with E-state index in [4.69, 9.17) is 5.73 Å². The molecule has 2 amide bonds. The van der Waals surface area contributed by atoms with Gasteiger partial charge in [0.2, 0.25) is 11.8 Å². The molecule has 0 bridgehead atoms. The SMILES string of the molecule is Cl.NCCCC(=O)NCC(=O)NC1CCCCC1. The molecule has 1 aliphatic rings. The zero-order valence-corrected chi connectivity index (χ0v) is 11.6. The van der Waals surface area contributed by atoms with Crippen molar-refractivity contribution in [3.05, 3.63) is 0 Å². The van der Waals surface area contributed by atoms with Crippen molar-refractivity contribution in [3.63, 3.8) is 0 Å². The monoisotopic (exact) mass is 277 g/mol. The molecule has 1 aliphatic carbocycles. The molecule has 5 nitrogen and oxygen atoms in total. The van der Waals surface area contributed by atoms with Gasteiger partial charge in [-0.15, -0.1) is 12.4 Å². The zero-order chi connectivity index (χ0) is 12.5. The van der Waals surface area contributed by atoms with Gasteiger partial charge >= 0.3 is 0 Å². The fourth-order valence-corrected chi connectivity index (χ4v) is 2.06. The highest BCUT2D eigenvalue weighted by molar-refractivity contribution is 5.85. The minimum absolute atomic E-state index is 0. The second kappa shape index (κ2) is 10.1. The summed E-state index contributed by atoms with van der Waals surface area (Å²) in [4.78, 5) is 22.8. The molecule has 0 radical (unpaired) electrons. The lowest BCUT2D eigenvalue weighted by atomic mass is 9.95. The van der Waals surface area contributed by atoms with E-state index in [1.165, 1.54) is 19.3 Å². The lowest BCUT2D eigenvalue weighted by Gasteiger charge is -2.22. The largest absolute Gasteiger partial charge is 0.352 e. The van der Waals surface area contributed by atoms with Gasteiger partial charge in [-0.05, 0) is 25.8 Å². The maximum absolute atomic E-state index is 11.5. The normalized spacial score (nSPS) is 15.6. The molecule has 0 unspecified atom stereocenters. The van der Waals surface area contributed by atoms with Gasteiger partial charge in [0.15, 0.2) is 0 Å². The van der Waals surface area contributed by atoms with Crippen molar-refractivity contribution < 1.29 is 9.59 Å². The van der Waals surface area contributed by atoms with Crippen LogP contribution < -0.4 is 16.4 Å². The molecule has 0 spiro atoms. The summed E-state index contributed by atoms with van der Waals surface area (Å²) < 4.78 is 0. The first-order chi connectivity index (χ1) is 8.22. The molecule has 4 N–H and O–H groups in total. The molecule has 0 aromatic carbocycles. The Balaban J connectivity index is 0.00000289. The smallest absolute Gasteiger partial charge is 0.239 e. The van der Waals surface area contributed by atoms with Gasteiger partial charge in [0.25, 0.3) is 0 Å². The summed E-state index contributed by atoms with van der Waals surface area (Å²) in [7, 11) is 0. The first-order valence-corrected chi connectivity index (χ1v) is 6.48. The van der Waals surface area contributed by atoms with Crippen LogP contribution in [0.25, 0.3) is 0 Å². The molecule has 6 heteroatoms. The molecule has 106 valence electrons. The van der Waals surface area contributed by atoms with E-state index in [2.05, 4.69) is 10.6 Å². The number of amides is 2. The van der Waals surface area contributed by atoms with E-state index in [0.717, 1.165) is 12.8 Å². The molecule has 0 atom stereocenters. The molecule has 0 saturated heterocycles. The molecule has 1 fully saturated rings. The Kier molecular flexibility index (Phi) is 9.69.